The second kappa shape index (κ2) is 8.80. The molecule has 0 saturated carbocycles. The van der Waals surface area contributed by atoms with Crippen LogP contribution in [0.25, 0.3) is 10.9 Å². The Kier molecular flexibility index (Phi) is 5.92. The molecule has 8 heteroatoms. The van der Waals surface area contributed by atoms with Crippen LogP contribution in [0.4, 0.5) is 4.39 Å². The third-order valence-electron chi connectivity index (χ3n) is 5.29. The van der Waals surface area contributed by atoms with Crippen LogP contribution in [-0.4, -0.2) is 20.6 Å². The normalized spacial score (nSPS) is 11.0. The fraction of sp³-hybridized carbons (Fsp3) is 0.125. The molecule has 2 N–H and O–H groups in total. The molecule has 0 spiro atoms. The summed E-state index contributed by atoms with van der Waals surface area (Å²) in [7, 11) is 1.59. The van der Waals surface area contributed by atoms with Crippen LogP contribution in [0.2, 0.25) is 5.02 Å². The number of nitrogens with one attached hydrogen (secondary N) is 1. The lowest BCUT2D eigenvalue weighted by atomic mass is 10.0. The SMILES string of the molecule is Cn1c(=O)c(Cc2ccc(F)c(Cl)c2)c(O)c2cc(C(=O)NCc3ccncc3)ccc21. The van der Waals surface area contributed by atoms with Gasteiger partial charge >= 0.3 is 0 Å². The van der Waals surface area contributed by atoms with Gasteiger partial charge in [0.05, 0.1) is 16.1 Å². The van der Waals surface area contributed by atoms with Crippen LogP contribution >= 0.6 is 11.6 Å². The second-order valence-corrected chi connectivity index (χ2v) is 7.79. The highest BCUT2D eigenvalue weighted by Gasteiger charge is 2.17. The predicted octanol–water partition coefficient (Wildman–Crippen LogP) is 3.95. The van der Waals surface area contributed by atoms with E-state index in [4.69, 9.17) is 11.6 Å². The molecule has 6 nitrogen and oxygen atoms in total. The van der Waals surface area contributed by atoms with Crippen LogP contribution in [0.3, 0.4) is 0 Å². The zero-order valence-electron chi connectivity index (χ0n) is 17.1. The molecule has 4 aromatic rings. The van der Waals surface area contributed by atoms with Gasteiger partial charge in [0.2, 0.25) is 0 Å². The second-order valence-electron chi connectivity index (χ2n) is 7.39. The summed E-state index contributed by atoms with van der Waals surface area (Å²) in [6, 6.07) is 12.5. The quantitative estimate of drug-likeness (QED) is 0.481. The van der Waals surface area contributed by atoms with Crippen molar-refractivity contribution in [2.45, 2.75) is 13.0 Å². The minimum atomic E-state index is -0.562. The lowest BCUT2D eigenvalue weighted by Gasteiger charge is -2.13. The third kappa shape index (κ3) is 4.20. The molecule has 0 bridgehead atoms. The topological polar surface area (TPSA) is 84.2 Å². The van der Waals surface area contributed by atoms with E-state index in [0.29, 0.717) is 28.6 Å². The van der Waals surface area contributed by atoms with E-state index >= 15 is 0 Å². The van der Waals surface area contributed by atoms with Gasteiger partial charge in [0.1, 0.15) is 11.6 Å². The van der Waals surface area contributed by atoms with E-state index < -0.39 is 5.82 Å². The molecule has 2 aromatic heterocycles. The Morgan fingerprint density at radius 2 is 1.88 bits per heavy atom. The highest BCUT2D eigenvalue weighted by Crippen LogP contribution is 2.29. The number of rotatable bonds is 5. The summed E-state index contributed by atoms with van der Waals surface area (Å²) in [6.07, 6.45) is 3.35. The summed E-state index contributed by atoms with van der Waals surface area (Å²) in [5, 5.41) is 14.0. The first-order valence-corrected chi connectivity index (χ1v) is 10.2. The van der Waals surface area contributed by atoms with Crippen molar-refractivity contribution in [3.63, 3.8) is 0 Å². The summed E-state index contributed by atoms with van der Waals surface area (Å²) >= 11 is 5.85. The Hall–Kier alpha value is -3.71. The van der Waals surface area contributed by atoms with Crippen molar-refractivity contribution in [3.05, 3.63) is 104 Å². The molecular formula is C24H19ClFN3O3. The number of amides is 1. The predicted molar refractivity (Wildman–Crippen MR) is 120 cm³/mol. The number of pyridine rings is 2. The molecule has 32 heavy (non-hydrogen) atoms. The van der Waals surface area contributed by atoms with Crippen molar-refractivity contribution in [2.24, 2.45) is 7.05 Å². The van der Waals surface area contributed by atoms with E-state index in [1.807, 2.05) is 0 Å². The monoisotopic (exact) mass is 451 g/mol. The maximum absolute atomic E-state index is 13.5. The zero-order valence-corrected chi connectivity index (χ0v) is 17.9. The van der Waals surface area contributed by atoms with Gasteiger partial charge in [0, 0.05) is 43.4 Å². The van der Waals surface area contributed by atoms with Crippen LogP contribution in [-0.2, 0) is 20.0 Å². The average molecular weight is 452 g/mol. The fourth-order valence-electron chi connectivity index (χ4n) is 3.53. The lowest BCUT2D eigenvalue weighted by molar-refractivity contribution is 0.0951. The third-order valence-corrected chi connectivity index (χ3v) is 5.58. The molecule has 0 radical (unpaired) electrons. The lowest BCUT2D eigenvalue weighted by Crippen LogP contribution is -2.24. The Labute approximate surface area is 187 Å². The summed E-state index contributed by atoms with van der Waals surface area (Å²) in [5.74, 6) is -1.09. The van der Waals surface area contributed by atoms with Gasteiger partial charge in [0.15, 0.2) is 0 Å². The number of aryl methyl sites for hydroxylation is 1. The molecule has 0 aliphatic carbocycles. The molecule has 0 saturated heterocycles. The van der Waals surface area contributed by atoms with E-state index in [2.05, 4.69) is 10.3 Å². The van der Waals surface area contributed by atoms with E-state index in [0.717, 1.165) is 5.56 Å². The number of aromatic hydroxyl groups is 1. The largest absolute Gasteiger partial charge is 0.507 e. The summed E-state index contributed by atoms with van der Waals surface area (Å²) in [5.41, 5.74) is 2.06. The number of carbonyl (C=O) groups is 1. The molecule has 162 valence electrons. The first kappa shape index (κ1) is 21.5. The number of nitrogens with zero attached hydrogens (tertiary/aromatic N) is 2. The van der Waals surface area contributed by atoms with Gasteiger partial charge in [-0.05, 0) is 53.6 Å². The standard InChI is InChI=1S/C24H19ClFN3O3/c1-29-21-5-3-16(23(31)28-13-14-6-8-27-9-7-14)12-17(21)22(30)18(24(29)32)10-15-2-4-20(26)19(25)11-15/h2-9,11-12,30H,10,13H2,1H3,(H,28,31). The van der Waals surface area contributed by atoms with Gasteiger partial charge in [-0.2, -0.15) is 0 Å². The molecule has 2 heterocycles. The number of fused-ring (bicyclic) bond motifs is 1. The number of benzene rings is 2. The van der Waals surface area contributed by atoms with Crippen LogP contribution in [0.1, 0.15) is 27.0 Å². The average Bonchev–Trinajstić information content (AvgIpc) is 2.81. The fourth-order valence-corrected chi connectivity index (χ4v) is 3.74. The van der Waals surface area contributed by atoms with Gasteiger partial charge in [0.25, 0.3) is 11.5 Å². The summed E-state index contributed by atoms with van der Waals surface area (Å²) in [4.78, 5) is 29.4. The van der Waals surface area contributed by atoms with Crippen LogP contribution < -0.4 is 10.9 Å². The highest BCUT2D eigenvalue weighted by atomic mass is 35.5. The Bertz CT molecular complexity index is 1390. The van der Waals surface area contributed by atoms with Gasteiger partial charge in [-0.1, -0.05) is 17.7 Å². The van der Waals surface area contributed by atoms with Crippen molar-refractivity contribution >= 4 is 28.4 Å². The molecule has 0 aliphatic heterocycles. The van der Waals surface area contributed by atoms with E-state index in [-0.39, 0.29) is 34.2 Å². The molecule has 1 amide bonds. The van der Waals surface area contributed by atoms with Gasteiger partial charge in [-0.15, -0.1) is 0 Å². The number of aromatic nitrogens is 2. The first-order chi connectivity index (χ1) is 15.3. The van der Waals surface area contributed by atoms with Crippen molar-refractivity contribution < 1.29 is 14.3 Å². The highest BCUT2D eigenvalue weighted by molar-refractivity contribution is 6.30. The van der Waals surface area contributed by atoms with Gasteiger partial charge in [-0.25, -0.2) is 4.39 Å². The number of halogens is 2. The molecule has 4 rings (SSSR count). The van der Waals surface area contributed by atoms with Crippen LogP contribution in [0.5, 0.6) is 5.75 Å². The molecule has 0 atom stereocenters. The smallest absolute Gasteiger partial charge is 0.258 e. The van der Waals surface area contributed by atoms with E-state index in [1.165, 1.54) is 22.8 Å². The number of hydrogen-bond donors (Lipinski definition) is 2. The van der Waals surface area contributed by atoms with Crippen LogP contribution in [0.15, 0.2) is 65.7 Å². The minimum absolute atomic E-state index is 0.0623. The van der Waals surface area contributed by atoms with E-state index in [9.17, 15) is 19.1 Å². The molecule has 2 aromatic carbocycles. The molecular weight excluding hydrogens is 433 g/mol. The summed E-state index contributed by atoms with van der Waals surface area (Å²) < 4.78 is 14.9. The first-order valence-electron chi connectivity index (χ1n) is 9.80. The molecule has 0 aliphatic rings. The van der Waals surface area contributed by atoms with Crippen molar-refractivity contribution in [1.82, 2.24) is 14.9 Å². The number of hydrogen-bond acceptors (Lipinski definition) is 4. The van der Waals surface area contributed by atoms with Gasteiger partial charge < -0.3 is 15.0 Å². The molecule has 0 unspecified atom stereocenters. The Balaban J connectivity index is 1.69. The minimum Gasteiger partial charge on any atom is -0.507 e. The molecule has 0 fully saturated rings. The Morgan fingerprint density at radius 3 is 2.59 bits per heavy atom. The van der Waals surface area contributed by atoms with Gasteiger partial charge in [-0.3, -0.25) is 14.6 Å². The number of carbonyl (C=O) groups excluding carboxylic acids is 1. The maximum atomic E-state index is 13.5. The van der Waals surface area contributed by atoms with E-state index in [1.54, 1.807) is 49.8 Å². The summed E-state index contributed by atoms with van der Waals surface area (Å²) in [6.45, 7) is 0.329. The Morgan fingerprint density at radius 1 is 1.12 bits per heavy atom. The van der Waals surface area contributed by atoms with Crippen molar-refractivity contribution in [1.29, 1.82) is 0 Å². The van der Waals surface area contributed by atoms with Crippen molar-refractivity contribution in [2.75, 3.05) is 0 Å². The maximum Gasteiger partial charge on any atom is 0.258 e. The van der Waals surface area contributed by atoms with Crippen molar-refractivity contribution in [3.8, 4) is 5.75 Å². The van der Waals surface area contributed by atoms with Crippen LogP contribution in [0, 0.1) is 5.82 Å². The zero-order chi connectivity index (χ0) is 22.8.